The van der Waals surface area contributed by atoms with Gasteiger partial charge in [0.15, 0.2) is 0 Å². The van der Waals surface area contributed by atoms with Crippen molar-refractivity contribution in [2.45, 2.75) is 32.7 Å². The van der Waals surface area contributed by atoms with Gasteiger partial charge in [-0.05, 0) is 42.9 Å². The summed E-state index contributed by atoms with van der Waals surface area (Å²) in [4.78, 5) is 24.3. The first-order chi connectivity index (χ1) is 11.0. The highest BCUT2D eigenvalue weighted by atomic mass is 35.5. The van der Waals surface area contributed by atoms with Crippen molar-refractivity contribution in [1.29, 1.82) is 0 Å². The minimum Gasteiger partial charge on any atom is -0.323 e. The van der Waals surface area contributed by atoms with Crippen LogP contribution in [0.2, 0.25) is 5.02 Å². The summed E-state index contributed by atoms with van der Waals surface area (Å²) in [5.41, 5.74) is 2.22. The van der Waals surface area contributed by atoms with Crippen LogP contribution in [0.4, 0.5) is 5.69 Å². The highest BCUT2D eigenvalue weighted by Gasteiger charge is 2.19. The predicted molar refractivity (Wildman–Crippen MR) is 89.8 cm³/mol. The average molecular weight is 332 g/mol. The summed E-state index contributed by atoms with van der Waals surface area (Å²) in [7, 11) is 0. The lowest BCUT2D eigenvalue weighted by atomic mass is 9.88. The highest BCUT2D eigenvalue weighted by Crippen LogP contribution is 2.22. The van der Waals surface area contributed by atoms with Crippen LogP contribution in [0.1, 0.15) is 24.6 Å². The van der Waals surface area contributed by atoms with Crippen LogP contribution in [0.3, 0.4) is 0 Å². The number of nitrogens with zero attached hydrogens (tertiary/aromatic N) is 2. The molecule has 0 bridgehead atoms. The zero-order chi connectivity index (χ0) is 16.4. The van der Waals surface area contributed by atoms with E-state index >= 15 is 0 Å². The van der Waals surface area contributed by atoms with E-state index in [4.69, 9.17) is 11.6 Å². The summed E-state index contributed by atoms with van der Waals surface area (Å²) in [6, 6.07) is 8.59. The summed E-state index contributed by atoms with van der Waals surface area (Å²) >= 11 is 6.01. The number of hydrogen-bond donors (Lipinski definition) is 1. The third-order valence-electron chi connectivity index (χ3n) is 4.05. The Hall–Kier alpha value is -2.14. The normalized spacial score (nSPS) is 16.7. The summed E-state index contributed by atoms with van der Waals surface area (Å²) in [5.74, 6) is 0.250. The molecule has 0 radical (unpaired) electrons. The molecule has 1 aliphatic carbocycles. The molecule has 0 fully saturated rings. The number of hydrogen-bond acceptors (Lipinski definition) is 3. The Morgan fingerprint density at radius 2 is 2.22 bits per heavy atom. The van der Waals surface area contributed by atoms with Gasteiger partial charge in [0, 0.05) is 6.07 Å². The average Bonchev–Trinajstić information content (AvgIpc) is 2.50. The van der Waals surface area contributed by atoms with Crippen LogP contribution in [0.5, 0.6) is 0 Å². The first kappa shape index (κ1) is 15.7. The molecule has 1 amide bonds. The van der Waals surface area contributed by atoms with Crippen molar-refractivity contribution in [2.75, 3.05) is 5.32 Å². The van der Waals surface area contributed by atoms with E-state index in [1.54, 1.807) is 30.3 Å². The summed E-state index contributed by atoms with van der Waals surface area (Å²) in [6.07, 6.45) is 2.79. The van der Waals surface area contributed by atoms with Gasteiger partial charge < -0.3 is 5.32 Å². The SMILES string of the molecule is C[C@H]1CCc2nn(CC(=O)Nc3ccccc3Cl)c(=O)cc2C1. The molecule has 23 heavy (non-hydrogen) atoms. The second kappa shape index (κ2) is 6.54. The fourth-order valence-electron chi connectivity index (χ4n) is 2.82. The van der Waals surface area contributed by atoms with Gasteiger partial charge in [-0.1, -0.05) is 30.7 Å². The number of carbonyl (C=O) groups is 1. The molecule has 0 saturated heterocycles. The fraction of sp³-hybridized carbons (Fsp3) is 0.353. The lowest BCUT2D eigenvalue weighted by Crippen LogP contribution is -2.32. The van der Waals surface area contributed by atoms with Gasteiger partial charge in [-0.15, -0.1) is 0 Å². The maximum Gasteiger partial charge on any atom is 0.267 e. The molecule has 1 aromatic heterocycles. The Bertz CT molecular complexity index is 801. The van der Waals surface area contributed by atoms with Crippen LogP contribution in [0.15, 0.2) is 35.1 Å². The molecule has 6 heteroatoms. The smallest absolute Gasteiger partial charge is 0.267 e. The predicted octanol–water partition coefficient (Wildman–Crippen LogP) is 2.66. The maximum atomic E-state index is 12.1. The minimum atomic E-state index is -0.322. The van der Waals surface area contributed by atoms with Crippen molar-refractivity contribution in [3.05, 3.63) is 57.0 Å². The fourth-order valence-corrected chi connectivity index (χ4v) is 3.00. The third kappa shape index (κ3) is 3.62. The van der Waals surface area contributed by atoms with Crippen molar-refractivity contribution >= 4 is 23.2 Å². The molecule has 1 N–H and O–H groups in total. The van der Waals surface area contributed by atoms with E-state index < -0.39 is 0 Å². The largest absolute Gasteiger partial charge is 0.323 e. The number of aryl methyl sites for hydroxylation is 1. The van der Waals surface area contributed by atoms with Gasteiger partial charge in [-0.2, -0.15) is 5.10 Å². The van der Waals surface area contributed by atoms with Crippen LogP contribution in [-0.4, -0.2) is 15.7 Å². The number of benzene rings is 1. The van der Waals surface area contributed by atoms with Crippen molar-refractivity contribution in [1.82, 2.24) is 9.78 Å². The number of para-hydroxylation sites is 1. The number of amides is 1. The monoisotopic (exact) mass is 331 g/mol. The van der Waals surface area contributed by atoms with Crippen molar-refractivity contribution < 1.29 is 4.79 Å². The van der Waals surface area contributed by atoms with Crippen LogP contribution in [0.25, 0.3) is 0 Å². The Balaban J connectivity index is 1.77. The zero-order valence-electron chi connectivity index (χ0n) is 12.9. The van der Waals surface area contributed by atoms with E-state index in [9.17, 15) is 9.59 Å². The molecule has 1 atom stereocenters. The number of aromatic nitrogens is 2. The van der Waals surface area contributed by atoms with Gasteiger partial charge >= 0.3 is 0 Å². The van der Waals surface area contributed by atoms with E-state index in [2.05, 4.69) is 17.3 Å². The Morgan fingerprint density at radius 1 is 1.43 bits per heavy atom. The number of carbonyl (C=O) groups excluding carboxylic acids is 1. The van der Waals surface area contributed by atoms with Crippen LogP contribution < -0.4 is 10.9 Å². The van der Waals surface area contributed by atoms with Crippen molar-refractivity contribution in [3.63, 3.8) is 0 Å². The van der Waals surface area contributed by atoms with Crippen LogP contribution in [-0.2, 0) is 24.2 Å². The molecular formula is C17H18ClN3O2. The van der Waals surface area contributed by atoms with Gasteiger partial charge in [0.25, 0.3) is 5.56 Å². The van der Waals surface area contributed by atoms with E-state index in [-0.39, 0.29) is 18.0 Å². The first-order valence-corrected chi connectivity index (χ1v) is 8.05. The van der Waals surface area contributed by atoms with E-state index in [1.165, 1.54) is 4.68 Å². The number of nitrogens with one attached hydrogen (secondary N) is 1. The summed E-state index contributed by atoms with van der Waals surface area (Å²) in [5, 5.41) is 7.52. The minimum absolute atomic E-state index is 0.118. The maximum absolute atomic E-state index is 12.1. The van der Waals surface area contributed by atoms with Crippen LogP contribution in [0, 0.1) is 5.92 Å². The second-order valence-corrected chi connectivity index (χ2v) is 6.40. The van der Waals surface area contributed by atoms with Gasteiger partial charge in [-0.25, -0.2) is 4.68 Å². The molecule has 0 unspecified atom stereocenters. The van der Waals surface area contributed by atoms with E-state index in [0.717, 1.165) is 30.5 Å². The van der Waals surface area contributed by atoms with Crippen LogP contribution >= 0.6 is 11.6 Å². The molecule has 2 aromatic rings. The molecule has 1 heterocycles. The van der Waals surface area contributed by atoms with Gasteiger partial charge in [0.1, 0.15) is 6.54 Å². The molecular weight excluding hydrogens is 314 g/mol. The third-order valence-corrected chi connectivity index (χ3v) is 4.38. The zero-order valence-corrected chi connectivity index (χ0v) is 13.6. The van der Waals surface area contributed by atoms with E-state index in [1.807, 2.05) is 0 Å². The molecule has 120 valence electrons. The summed E-state index contributed by atoms with van der Waals surface area (Å²) < 4.78 is 1.22. The lowest BCUT2D eigenvalue weighted by Gasteiger charge is -2.20. The number of rotatable bonds is 3. The molecule has 3 rings (SSSR count). The number of halogens is 1. The topological polar surface area (TPSA) is 64.0 Å². The Kier molecular flexibility index (Phi) is 4.48. The standard InChI is InChI=1S/C17H18ClN3O2/c1-11-6-7-14-12(8-11)9-17(23)21(20-14)10-16(22)19-15-5-3-2-4-13(15)18/h2-5,9,11H,6-8,10H2,1H3,(H,19,22)/t11-/m0/s1. The number of fused-ring (bicyclic) bond motifs is 1. The van der Waals surface area contributed by atoms with Gasteiger partial charge in [-0.3, -0.25) is 9.59 Å². The molecule has 1 aromatic carbocycles. The molecule has 1 aliphatic rings. The second-order valence-electron chi connectivity index (χ2n) is 5.99. The molecule has 5 nitrogen and oxygen atoms in total. The van der Waals surface area contributed by atoms with Crippen molar-refractivity contribution in [2.24, 2.45) is 5.92 Å². The van der Waals surface area contributed by atoms with Gasteiger partial charge in [0.2, 0.25) is 5.91 Å². The van der Waals surface area contributed by atoms with Crippen molar-refractivity contribution in [3.8, 4) is 0 Å². The highest BCUT2D eigenvalue weighted by molar-refractivity contribution is 6.33. The Morgan fingerprint density at radius 3 is 3.00 bits per heavy atom. The summed E-state index contributed by atoms with van der Waals surface area (Å²) in [6.45, 7) is 2.05. The lowest BCUT2D eigenvalue weighted by molar-refractivity contribution is -0.117. The van der Waals surface area contributed by atoms with Gasteiger partial charge in [0.05, 0.1) is 16.4 Å². The quantitative estimate of drug-likeness (QED) is 0.940. The Labute approximate surface area is 139 Å². The molecule has 0 aliphatic heterocycles. The van der Waals surface area contributed by atoms with E-state index in [0.29, 0.717) is 16.6 Å². The number of anilines is 1. The first-order valence-electron chi connectivity index (χ1n) is 7.67. The molecule has 0 saturated carbocycles. The molecule has 0 spiro atoms.